The molecule has 0 radical (unpaired) electrons. The standard InChI is InChI=1S/C13H17ClO3S/c1-5-17-13(15)18-12-7-10(14)11(16-4)6-9(12)8(2)3/h6-8H,5H2,1-4H3. The fourth-order valence-corrected chi connectivity index (χ4v) is 2.74. The van der Waals surface area contributed by atoms with Gasteiger partial charge >= 0.3 is 5.30 Å². The Hall–Kier alpha value is -0.870. The summed E-state index contributed by atoms with van der Waals surface area (Å²) in [4.78, 5) is 12.3. The summed E-state index contributed by atoms with van der Waals surface area (Å²) in [6, 6.07) is 3.62. The van der Waals surface area contributed by atoms with Gasteiger partial charge in [0.2, 0.25) is 0 Å². The minimum atomic E-state index is -0.319. The molecule has 100 valence electrons. The van der Waals surface area contributed by atoms with Crippen LogP contribution in [0.5, 0.6) is 5.75 Å². The normalized spacial score (nSPS) is 10.6. The first-order valence-electron chi connectivity index (χ1n) is 5.71. The third kappa shape index (κ3) is 3.82. The molecule has 0 bridgehead atoms. The molecule has 0 spiro atoms. The Morgan fingerprint density at radius 2 is 2.11 bits per heavy atom. The van der Waals surface area contributed by atoms with E-state index in [-0.39, 0.29) is 11.2 Å². The first kappa shape index (κ1) is 15.2. The molecular formula is C13H17ClO3S. The van der Waals surface area contributed by atoms with Crippen LogP contribution in [-0.4, -0.2) is 19.0 Å². The Morgan fingerprint density at radius 1 is 1.44 bits per heavy atom. The number of hydrogen-bond acceptors (Lipinski definition) is 4. The third-order valence-electron chi connectivity index (χ3n) is 2.36. The molecule has 0 saturated carbocycles. The smallest absolute Gasteiger partial charge is 0.372 e. The Bertz CT molecular complexity index is 432. The molecule has 3 nitrogen and oxygen atoms in total. The van der Waals surface area contributed by atoms with Gasteiger partial charge in [0.1, 0.15) is 5.75 Å². The average Bonchev–Trinajstić information content (AvgIpc) is 2.29. The van der Waals surface area contributed by atoms with E-state index in [2.05, 4.69) is 13.8 Å². The molecule has 0 aromatic heterocycles. The van der Waals surface area contributed by atoms with Gasteiger partial charge in [0.05, 0.1) is 18.7 Å². The summed E-state index contributed by atoms with van der Waals surface area (Å²) < 4.78 is 10.1. The van der Waals surface area contributed by atoms with E-state index in [1.807, 2.05) is 6.07 Å². The monoisotopic (exact) mass is 288 g/mol. The zero-order valence-electron chi connectivity index (χ0n) is 11.0. The molecule has 0 heterocycles. The van der Waals surface area contributed by atoms with Crippen LogP contribution < -0.4 is 4.74 Å². The molecule has 5 heteroatoms. The second-order valence-corrected chi connectivity index (χ2v) is 5.35. The maximum absolute atomic E-state index is 11.5. The Morgan fingerprint density at radius 3 is 2.61 bits per heavy atom. The zero-order valence-corrected chi connectivity index (χ0v) is 12.5. The minimum Gasteiger partial charge on any atom is -0.495 e. The van der Waals surface area contributed by atoms with Crippen molar-refractivity contribution in [3.05, 3.63) is 22.7 Å². The lowest BCUT2D eigenvalue weighted by Crippen LogP contribution is -1.99. The highest BCUT2D eigenvalue weighted by molar-refractivity contribution is 8.13. The van der Waals surface area contributed by atoms with Gasteiger partial charge in [0.25, 0.3) is 0 Å². The number of halogens is 1. The van der Waals surface area contributed by atoms with Gasteiger partial charge in [0, 0.05) is 4.90 Å². The molecule has 0 aliphatic carbocycles. The molecule has 0 fully saturated rings. The number of benzene rings is 1. The summed E-state index contributed by atoms with van der Waals surface area (Å²) >= 11 is 7.13. The van der Waals surface area contributed by atoms with Crippen LogP contribution in [0.15, 0.2) is 17.0 Å². The minimum absolute atomic E-state index is 0.271. The summed E-state index contributed by atoms with van der Waals surface area (Å²) in [6.07, 6.45) is 0. The van der Waals surface area contributed by atoms with Crippen molar-refractivity contribution in [1.29, 1.82) is 0 Å². The molecule has 0 aliphatic rings. The molecule has 18 heavy (non-hydrogen) atoms. The van der Waals surface area contributed by atoms with E-state index < -0.39 is 0 Å². The predicted octanol–water partition coefficient (Wildman–Crippen LogP) is 4.72. The molecule has 0 unspecified atom stereocenters. The number of thioether (sulfide) groups is 1. The van der Waals surface area contributed by atoms with Gasteiger partial charge in [-0.1, -0.05) is 25.4 Å². The second-order valence-electron chi connectivity index (χ2n) is 3.96. The van der Waals surface area contributed by atoms with Gasteiger partial charge in [0.15, 0.2) is 0 Å². The average molecular weight is 289 g/mol. The van der Waals surface area contributed by atoms with Gasteiger partial charge in [-0.2, -0.15) is 0 Å². The number of methoxy groups -OCH3 is 1. The summed E-state index contributed by atoms with van der Waals surface area (Å²) in [5.74, 6) is 0.890. The number of rotatable bonds is 4. The molecule has 1 aromatic rings. The number of carbonyl (C=O) groups excluding carboxylic acids is 1. The highest BCUT2D eigenvalue weighted by Gasteiger charge is 2.16. The van der Waals surface area contributed by atoms with Gasteiger partial charge in [-0.25, -0.2) is 4.79 Å². The highest BCUT2D eigenvalue weighted by Crippen LogP contribution is 2.37. The summed E-state index contributed by atoms with van der Waals surface area (Å²) in [5.41, 5.74) is 1.02. The van der Waals surface area contributed by atoms with Crippen molar-refractivity contribution in [1.82, 2.24) is 0 Å². The van der Waals surface area contributed by atoms with Crippen molar-refractivity contribution in [3.63, 3.8) is 0 Å². The van der Waals surface area contributed by atoms with E-state index >= 15 is 0 Å². The van der Waals surface area contributed by atoms with E-state index in [0.29, 0.717) is 17.4 Å². The van der Waals surface area contributed by atoms with Crippen LogP contribution in [0.1, 0.15) is 32.3 Å². The van der Waals surface area contributed by atoms with Gasteiger partial charge in [-0.05, 0) is 42.3 Å². The molecule has 0 saturated heterocycles. The van der Waals surface area contributed by atoms with Crippen molar-refractivity contribution >= 4 is 28.7 Å². The third-order valence-corrected chi connectivity index (χ3v) is 3.52. The molecule has 0 amide bonds. The van der Waals surface area contributed by atoms with E-state index in [0.717, 1.165) is 22.2 Å². The lowest BCUT2D eigenvalue weighted by molar-refractivity contribution is 0.181. The van der Waals surface area contributed by atoms with Crippen molar-refractivity contribution in [2.75, 3.05) is 13.7 Å². The van der Waals surface area contributed by atoms with E-state index in [1.54, 1.807) is 20.1 Å². The van der Waals surface area contributed by atoms with Crippen LogP contribution in [0, 0.1) is 0 Å². The van der Waals surface area contributed by atoms with Crippen LogP contribution in [0.3, 0.4) is 0 Å². The van der Waals surface area contributed by atoms with Crippen LogP contribution in [0.25, 0.3) is 0 Å². The van der Waals surface area contributed by atoms with E-state index in [1.165, 1.54) is 0 Å². The van der Waals surface area contributed by atoms with Crippen LogP contribution in [0.2, 0.25) is 5.02 Å². The van der Waals surface area contributed by atoms with Gasteiger partial charge in [-0.3, -0.25) is 0 Å². The lowest BCUT2D eigenvalue weighted by atomic mass is 10.0. The zero-order chi connectivity index (χ0) is 13.7. The first-order valence-corrected chi connectivity index (χ1v) is 6.91. The lowest BCUT2D eigenvalue weighted by Gasteiger charge is -2.14. The largest absolute Gasteiger partial charge is 0.495 e. The maximum Gasteiger partial charge on any atom is 0.372 e. The Labute approximate surface area is 117 Å². The van der Waals surface area contributed by atoms with Crippen molar-refractivity contribution in [2.45, 2.75) is 31.6 Å². The van der Waals surface area contributed by atoms with Crippen LogP contribution >= 0.6 is 23.4 Å². The molecule has 1 rings (SSSR count). The van der Waals surface area contributed by atoms with Crippen LogP contribution in [-0.2, 0) is 4.74 Å². The van der Waals surface area contributed by atoms with Gasteiger partial charge < -0.3 is 9.47 Å². The van der Waals surface area contributed by atoms with Crippen LogP contribution in [0.4, 0.5) is 4.79 Å². The van der Waals surface area contributed by atoms with E-state index in [9.17, 15) is 4.79 Å². The summed E-state index contributed by atoms with van der Waals surface area (Å²) in [5, 5.41) is 0.175. The van der Waals surface area contributed by atoms with E-state index in [4.69, 9.17) is 21.1 Å². The first-order chi connectivity index (χ1) is 8.49. The molecular weight excluding hydrogens is 272 g/mol. The quantitative estimate of drug-likeness (QED) is 0.593. The summed E-state index contributed by atoms with van der Waals surface area (Å²) in [6.45, 7) is 6.26. The topological polar surface area (TPSA) is 35.5 Å². The molecule has 1 aromatic carbocycles. The molecule has 0 atom stereocenters. The fourth-order valence-electron chi connectivity index (χ4n) is 1.48. The second kappa shape index (κ2) is 6.90. The fraction of sp³-hybridized carbons (Fsp3) is 0.462. The number of carbonyl (C=O) groups is 1. The predicted molar refractivity (Wildman–Crippen MR) is 75.0 cm³/mol. The summed E-state index contributed by atoms with van der Waals surface area (Å²) in [7, 11) is 1.57. The Kier molecular flexibility index (Phi) is 5.82. The SMILES string of the molecule is CCOC(=O)Sc1cc(Cl)c(OC)cc1C(C)C. The van der Waals surface area contributed by atoms with Gasteiger partial charge in [-0.15, -0.1) is 0 Å². The number of hydrogen-bond donors (Lipinski definition) is 0. The maximum atomic E-state index is 11.5. The number of ether oxygens (including phenoxy) is 2. The molecule has 0 N–H and O–H groups in total. The molecule has 0 aliphatic heterocycles. The van der Waals surface area contributed by atoms with Crippen molar-refractivity contribution in [2.24, 2.45) is 0 Å². The Balaban J connectivity index is 3.09. The van der Waals surface area contributed by atoms with Crippen molar-refractivity contribution in [3.8, 4) is 5.75 Å². The highest BCUT2D eigenvalue weighted by atomic mass is 35.5. The van der Waals surface area contributed by atoms with Crippen molar-refractivity contribution < 1.29 is 14.3 Å².